The fourth-order valence-electron chi connectivity index (χ4n) is 5.17. The molecule has 37 heavy (non-hydrogen) atoms. The highest BCUT2D eigenvalue weighted by molar-refractivity contribution is 6.00. The molecular weight excluding hydrogens is 470 g/mol. The molecule has 3 aromatic heterocycles. The van der Waals surface area contributed by atoms with Crippen LogP contribution in [-0.2, 0) is 18.3 Å². The molecule has 190 valence electrons. The van der Waals surface area contributed by atoms with Gasteiger partial charge in [0.15, 0.2) is 5.75 Å². The van der Waals surface area contributed by atoms with Gasteiger partial charge in [-0.3, -0.25) is 14.3 Å². The second kappa shape index (κ2) is 9.42. The molecule has 0 aliphatic carbocycles. The number of benzene rings is 2. The van der Waals surface area contributed by atoms with Crippen molar-refractivity contribution in [3.63, 3.8) is 0 Å². The Balaban J connectivity index is 1.49. The first-order valence-corrected chi connectivity index (χ1v) is 12.5. The van der Waals surface area contributed by atoms with Gasteiger partial charge in [-0.25, -0.2) is 4.79 Å². The van der Waals surface area contributed by atoms with Gasteiger partial charge in [0.05, 0.1) is 18.2 Å². The summed E-state index contributed by atoms with van der Waals surface area (Å²) in [5.41, 5.74) is 3.26. The predicted octanol–water partition coefficient (Wildman–Crippen LogP) is 3.69. The van der Waals surface area contributed by atoms with Crippen LogP contribution in [0.5, 0.6) is 11.5 Å². The maximum absolute atomic E-state index is 13.2. The summed E-state index contributed by atoms with van der Waals surface area (Å²) in [5, 5.41) is 0.795. The molecule has 0 saturated carbocycles. The van der Waals surface area contributed by atoms with E-state index in [1.54, 1.807) is 22.4 Å². The standard InChI is InChI=1S/C28H29N5O4/c1-18-16-32(14-15-36-18)12-13-33-23-9-8-21(22-17-31(2)27(34)24-20(22)10-11-29-24)26(25(23)30-28(33)35)37-19-6-4-3-5-7-19/h3-11,17-18,29H,12-16H2,1-2H3,(H,30,35). The third-order valence-electron chi connectivity index (χ3n) is 7.02. The van der Waals surface area contributed by atoms with Gasteiger partial charge in [0, 0.05) is 62.1 Å². The minimum atomic E-state index is -0.182. The van der Waals surface area contributed by atoms with Crippen LogP contribution in [0.2, 0.25) is 0 Å². The second-order valence-corrected chi connectivity index (χ2v) is 9.54. The van der Waals surface area contributed by atoms with Crippen molar-refractivity contribution in [1.29, 1.82) is 0 Å². The molecule has 4 heterocycles. The summed E-state index contributed by atoms with van der Waals surface area (Å²) in [7, 11) is 1.73. The van der Waals surface area contributed by atoms with E-state index in [0.717, 1.165) is 41.7 Å². The van der Waals surface area contributed by atoms with Gasteiger partial charge in [0.25, 0.3) is 5.56 Å². The SMILES string of the molecule is CC1CN(CCn2c(=O)[nH]c3c(Oc4ccccc4)c(-c4cn(C)c(=O)c5[nH]ccc45)ccc32)CCO1. The largest absolute Gasteiger partial charge is 0.454 e. The third-order valence-corrected chi connectivity index (χ3v) is 7.02. The van der Waals surface area contributed by atoms with Crippen molar-refractivity contribution in [2.45, 2.75) is 19.6 Å². The van der Waals surface area contributed by atoms with E-state index in [1.807, 2.05) is 54.7 Å². The summed E-state index contributed by atoms with van der Waals surface area (Å²) in [5.74, 6) is 1.20. The highest BCUT2D eigenvalue weighted by Gasteiger charge is 2.22. The zero-order valence-electron chi connectivity index (χ0n) is 20.9. The zero-order valence-corrected chi connectivity index (χ0v) is 20.9. The molecule has 2 N–H and O–H groups in total. The first-order chi connectivity index (χ1) is 18.0. The van der Waals surface area contributed by atoms with Gasteiger partial charge in [0.1, 0.15) is 16.8 Å². The topological polar surface area (TPSA) is 97.3 Å². The van der Waals surface area contributed by atoms with E-state index >= 15 is 0 Å². The summed E-state index contributed by atoms with van der Waals surface area (Å²) in [6.07, 6.45) is 3.76. The number of aromatic amines is 2. The molecule has 9 nitrogen and oxygen atoms in total. The molecule has 0 bridgehead atoms. The van der Waals surface area contributed by atoms with E-state index in [-0.39, 0.29) is 17.4 Å². The van der Waals surface area contributed by atoms with Gasteiger partial charge >= 0.3 is 5.69 Å². The lowest BCUT2D eigenvalue weighted by Crippen LogP contribution is -2.42. The molecule has 2 aromatic carbocycles. The molecule has 1 fully saturated rings. The molecule has 0 radical (unpaired) electrons. The maximum atomic E-state index is 13.2. The molecule has 9 heteroatoms. The van der Waals surface area contributed by atoms with E-state index in [1.165, 1.54) is 0 Å². The Kier molecular flexibility index (Phi) is 5.94. The number of ether oxygens (including phenoxy) is 2. The van der Waals surface area contributed by atoms with Gasteiger partial charge in [0.2, 0.25) is 0 Å². The van der Waals surface area contributed by atoms with Crippen molar-refractivity contribution >= 4 is 21.9 Å². The fraction of sp³-hybridized carbons (Fsp3) is 0.286. The number of hydrogen-bond donors (Lipinski definition) is 2. The maximum Gasteiger partial charge on any atom is 0.326 e. The van der Waals surface area contributed by atoms with E-state index in [9.17, 15) is 9.59 Å². The normalized spacial score (nSPS) is 16.5. The summed E-state index contributed by atoms with van der Waals surface area (Å²) in [6.45, 7) is 5.78. The lowest BCUT2D eigenvalue weighted by molar-refractivity contribution is -0.0191. The Morgan fingerprint density at radius 2 is 1.86 bits per heavy atom. The second-order valence-electron chi connectivity index (χ2n) is 9.54. The predicted molar refractivity (Wildman–Crippen MR) is 143 cm³/mol. The van der Waals surface area contributed by atoms with Crippen molar-refractivity contribution in [3.8, 4) is 22.6 Å². The fourth-order valence-corrected chi connectivity index (χ4v) is 5.17. The number of nitrogens with one attached hydrogen (secondary N) is 2. The van der Waals surface area contributed by atoms with E-state index < -0.39 is 0 Å². The molecule has 1 aliphatic heterocycles. The van der Waals surface area contributed by atoms with Crippen molar-refractivity contribution in [2.75, 3.05) is 26.2 Å². The Labute approximate surface area is 212 Å². The summed E-state index contributed by atoms with van der Waals surface area (Å²) in [4.78, 5) is 34.3. The number of fused-ring (bicyclic) bond motifs is 2. The van der Waals surface area contributed by atoms with Crippen molar-refractivity contribution in [1.82, 2.24) is 24.0 Å². The molecule has 6 rings (SSSR count). The molecular formula is C28H29N5O4. The van der Waals surface area contributed by atoms with Crippen molar-refractivity contribution < 1.29 is 9.47 Å². The summed E-state index contributed by atoms with van der Waals surface area (Å²) >= 11 is 0. The number of morpholine rings is 1. The number of nitrogens with zero attached hydrogens (tertiary/aromatic N) is 3. The molecule has 1 saturated heterocycles. The van der Waals surface area contributed by atoms with Crippen LogP contribution in [0, 0.1) is 0 Å². The van der Waals surface area contributed by atoms with Gasteiger partial charge < -0.3 is 24.0 Å². The van der Waals surface area contributed by atoms with Gasteiger partial charge in [-0.15, -0.1) is 0 Å². The first kappa shape index (κ1) is 23.3. The molecule has 0 spiro atoms. The van der Waals surface area contributed by atoms with E-state index in [2.05, 4.69) is 21.8 Å². The van der Waals surface area contributed by atoms with Crippen molar-refractivity contribution in [3.05, 3.63) is 81.8 Å². The highest BCUT2D eigenvalue weighted by Crippen LogP contribution is 2.40. The number of hydrogen-bond acceptors (Lipinski definition) is 5. The van der Waals surface area contributed by atoms with E-state index in [0.29, 0.717) is 35.7 Å². The Bertz CT molecular complexity index is 1700. The monoisotopic (exact) mass is 499 g/mol. The number of rotatable bonds is 6. The average molecular weight is 500 g/mol. The third kappa shape index (κ3) is 4.26. The zero-order chi connectivity index (χ0) is 25.5. The number of para-hydroxylation sites is 1. The van der Waals surface area contributed by atoms with Crippen LogP contribution in [0.25, 0.3) is 33.1 Å². The van der Waals surface area contributed by atoms with Crippen LogP contribution in [0.4, 0.5) is 0 Å². The highest BCUT2D eigenvalue weighted by atomic mass is 16.5. The van der Waals surface area contributed by atoms with E-state index in [4.69, 9.17) is 9.47 Å². The number of imidazole rings is 1. The number of aromatic nitrogens is 4. The first-order valence-electron chi connectivity index (χ1n) is 12.5. The minimum Gasteiger partial charge on any atom is -0.454 e. The smallest absolute Gasteiger partial charge is 0.326 e. The van der Waals surface area contributed by atoms with Crippen LogP contribution < -0.4 is 16.0 Å². The van der Waals surface area contributed by atoms with Crippen LogP contribution in [0.1, 0.15) is 6.92 Å². The summed E-state index contributed by atoms with van der Waals surface area (Å²) in [6, 6.07) is 15.3. The Hall–Kier alpha value is -4.08. The average Bonchev–Trinajstić information content (AvgIpc) is 3.51. The van der Waals surface area contributed by atoms with Crippen LogP contribution >= 0.6 is 0 Å². The van der Waals surface area contributed by atoms with Gasteiger partial charge in [-0.1, -0.05) is 18.2 Å². The quantitative estimate of drug-likeness (QED) is 0.371. The van der Waals surface area contributed by atoms with Crippen LogP contribution in [0.3, 0.4) is 0 Å². The van der Waals surface area contributed by atoms with Crippen molar-refractivity contribution in [2.24, 2.45) is 7.05 Å². The lowest BCUT2D eigenvalue weighted by Gasteiger charge is -2.31. The molecule has 1 aliphatic rings. The molecule has 1 atom stereocenters. The molecule has 5 aromatic rings. The number of aryl methyl sites for hydroxylation is 1. The molecule has 0 amide bonds. The molecule has 1 unspecified atom stereocenters. The van der Waals surface area contributed by atoms with Gasteiger partial charge in [-0.2, -0.15) is 0 Å². The summed E-state index contributed by atoms with van der Waals surface area (Å²) < 4.78 is 15.4. The Morgan fingerprint density at radius 3 is 2.68 bits per heavy atom. The Morgan fingerprint density at radius 1 is 1.03 bits per heavy atom. The lowest BCUT2D eigenvalue weighted by atomic mass is 10.0. The number of H-pyrrole nitrogens is 2. The van der Waals surface area contributed by atoms with Crippen LogP contribution in [0.15, 0.2) is 70.5 Å². The number of pyridine rings is 1. The van der Waals surface area contributed by atoms with Gasteiger partial charge in [-0.05, 0) is 37.3 Å². The minimum absolute atomic E-state index is 0.104. The van der Waals surface area contributed by atoms with Crippen LogP contribution in [-0.4, -0.2) is 56.3 Å².